The first-order chi connectivity index (χ1) is 14.5. The summed E-state index contributed by atoms with van der Waals surface area (Å²) in [4.78, 5) is 23.8. The number of carbonyl (C=O) groups excluding carboxylic acids is 1. The van der Waals surface area contributed by atoms with Crippen LogP contribution in [0.2, 0.25) is 0 Å². The lowest BCUT2D eigenvalue weighted by Crippen LogP contribution is -2.49. The Hall–Kier alpha value is -2.31. The molecule has 3 rings (SSSR count). The van der Waals surface area contributed by atoms with Crippen molar-refractivity contribution in [2.75, 3.05) is 27.2 Å². The smallest absolute Gasteiger partial charge is 0.230 e. The van der Waals surface area contributed by atoms with Gasteiger partial charge in [-0.15, -0.1) is 0 Å². The number of pyridine rings is 1. The Kier molecular flexibility index (Phi) is 7.94. The highest BCUT2D eigenvalue weighted by molar-refractivity contribution is 5.85. The van der Waals surface area contributed by atoms with E-state index in [2.05, 4.69) is 15.6 Å². The summed E-state index contributed by atoms with van der Waals surface area (Å²) in [5, 5.41) is 6.74. The van der Waals surface area contributed by atoms with Crippen LogP contribution in [-0.2, 0) is 11.3 Å². The Morgan fingerprint density at radius 2 is 1.97 bits per heavy atom. The summed E-state index contributed by atoms with van der Waals surface area (Å²) in [5.74, 6) is 1.63. The third kappa shape index (κ3) is 5.64. The fraction of sp³-hybridized carbons (Fsp3) is 0.696. The van der Waals surface area contributed by atoms with Crippen molar-refractivity contribution in [3.05, 3.63) is 23.9 Å². The molecule has 0 saturated heterocycles. The minimum atomic E-state index is -0.329. The molecule has 2 fully saturated rings. The van der Waals surface area contributed by atoms with E-state index in [1.807, 2.05) is 33.2 Å². The number of aliphatic imine (C=N–C) groups is 1. The zero-order valence-corrected chi connectivity index (χ0v) is 18.7. The van der Waals surface area contributed by atoms with Crippen molar-refractivity contribution in [1.82, 2.24) is 20.5 Å². The topological polar surface area (TPSA) is 78.9 Å². The van der Waals surface area contributed by atoms with Crippen LogP contribution in [0.4, 0.5) is 0 Å². The van der Waals surface area contributed by atoms with E-state index in [1.54, 1.807) is 11.1 Å². The van der Waals surface area contributed by atoms with Gasteiger partial charge in [0.15, 0.2) is 5.96 Å². The monoisotopic (exact) mass is 415 g/mol. The number of aromatic nitrogens is 1. The molecule has 0 atom stereocenters. The van der Waals surface area contributed by atoms with Gasteiger partial charge in [-0.05, 0) is 51.5 Å². The maximum absolute atomic E-state index is 12.8. The fourth-order valence-corrected chi connectivity index (χ4v) is 4.57. The van der Waals surface area contributed by atoms with Gasteiger partial charge >= 0.3 is 0 Å². The molecule has 0 aliphatic heterocycles. The Balaban J connectivity index is 1.67. The second kappa shape index (κ2) is 10.6. The van der Waals surface area contributed by atoms with Crippen LogP contribution in [0.25, 0.3) is 0 Å². The van der Waals surface area contributed by atoms with Gasteiger partial charge in [0.25, 0.3) is 0 Å². The van der Waals surface area contributed by atoms with Crippen LogP contribution in [-0.4, -0.2) is 55.0 Å². The summed E-state index contributed by atoms with van der Waals surface area (Å²) in [5.41, 5.74) is 0.659. The third-order valence-corrected chi connectivity index (χ3v) is 6.20. The minimum absolute atomic E-state index is 0.211. The van der Waals surface area contributed by atoms with E-state index in [-0.39, 0.29) is 17.4 Å². The molecule has 2 aliphatic rings. The summed E-state index contributed by atoms with van der Waals surface area (Å²) in [7, 11) is 3.69. The van der Waals surface area contributed by atoms with Crippen LogP contribution < -0.4 is 15.4 Å². The van der Waals surface area contributed by atoms with Gasteiger partial charge in [-0.2, -0.15) is 0 Å². The fourth-order valence-electron chi connectivity index (χ4n) is 4.57. The lowest BCUT2D eigenvalue weighted by Gasteiger charge is -2.31. The molecule has 0 spiro atoms. The van der Waals surface area contributed by atoms with E-state index in [0.717, 1.165) is 56.6 Å². The van der Waals surface area contributed by atoms with E-state index in [0.29, 0.717) is 19.0 Å². The van der Waals surface area contributed by atoms with Crippen LogP contribution in [0.5, 0.6) is 5.88 Å². The van der Waals surface area contributed by atoms with Gasteiger partial charge in [-0.1, -0.05) is 18.9 Å². The highest BCUT2D eigenvalue weighted by Gasteiger charge is 2.42. The first-order valence-electron chi connectivity index (χ1n) is 11.4. The summed E-state index contributed by atoms with van der Waals surface area (Å²) < 4.78 is 6.14. The van der Waals surface area contributed by atoms with Gasteiger partial charge in [0.05, 0.1) is 12.0 Å². The normalized spacial score (nSPS) is 19.0. The molecule has 7 heteroatoms. The van der Waals surface area contributed by atoms with Crippen LogP contribution in [0.15, 0.2) is 23.3 Å². The zero-order valence-electron chi connectivity index (χ0n) is 18.7. The molecular weight excluding hydrogens is 378 g/mol. The number of guanidine groups is 1. The van der Waals surface area contributed by atoms with E-state index < -0.39 is 0 Å². The largest absolute Gasteiger partial charge is 0.474 e. The Morgan fingerprint density at radius 3 is 2.63 bits per heavy atom. The van der Waals surface area contributed by atoms with Crippen molar-refractivity contribution in [3.8, 4) is 5.88 Å². The van der Waals surface area contributed by atoms with Crippen molar-refractivity contribution in [2.45, 2.75) is 70.9 Å². The van der Waals surface area contributed by atoms with Crippen molar-refractivity contribution in [2.24, 2.45) is 10.4 Å². The maximum atomic E-state index is 12.8. The average molecular weight is 416 g/mol. The predicted octanol–water partition coefficient (Wildman–Crippen LogP) is 3.11. The molecule has 0 bridgehead atoms. The van der Waals surface area contributed by atoms with E-state index >= 15 is 0 Å². The standard InChI is InChI=1S/C23H37N5O2/c1-4-24-22(27-17-23(13-7-8-14-23)21(29)28(2)3)26-16-18-10-9-15-25-20(18)30-19-11-5-6-12-19/h9-10,15,19H,4-8,11-14,16-17H2,1-3H3,(H2,24,26,27). The van der Waals surface area contributed by atoms with Crippen molar-refractivity contribution in [3.63, 3.8) is 0 Å². The van der Waals surface area contributed by atoms with E-state index in [1.165, 1.54) is 12.8 Å². The van der Waals surface area contributed by atoms with Gasteiger partial charge in [-0.3, -0.25) is 4.79 Å². The Bertz CT molecular complexity index is 722. The molecule has 166 valence electrons. The number of nitrogens with one attached hydrogen (secondary N) is 2. The highest BCUT2D eigenvalue weighted by atomic mass is 16.5. The van der Waals surface area contributed by atoms with Gasteiger partial charge < -0.3 is 20.3 Å². The second-order valence-corrected chi connectivity index (χ2v) is 8.73. The predicted molar refractivity (Wildman–Crippen MR) is 120 cm³/mol. The van der Waals surface area contributed by atoms with Gasteiger partial charge in [0, 0.05) is 38.9 Å². The summed E-state index contributed by atoms with van der Waals surface area (Å²) in [6.07, 6.45) is 10.8. The maximum Gasteiger partial charge on any atom is 0.230 e. The zero-order chi connectivity index (χ0) is 21.4. The number of nitrogens with zero attached hydrogens (tertiary/aromatic N) is 3. The Morgan fingerprint density at radius 1 is 1.23 bits per heavy atom. The molecule has 1 amide bonds. The molecule has 0 radical (unpaired) electrons. The first kappa shape index (κ1) is 22.4. The molecule has 30 heavy (non-hydrogen) atoms. The van der Waals surface area contributed by atoms with Crippen molar-refractivity contribution < 1.29 is 9.53 Å². The summed E-state index contributed by atoms with van der Waals surface area (Å²) >= 11 is 0. The molecule has 0 unspecified atom stereocenters. The lowest BCUT2D eigenvalue weighted by atomic mass is 9.84. The van der Waals surface area contributed by atoms with Gasteiger partial charge in [-0.25, -0.2) is 9.98 Å². The number of carbonyl (C=O) groups is 1. The number of rotatable bonds is 8. The highest BCUT2D eigenvalue weighted by Crippen LogP contribution is 2.38. The molecule has 2 N–H and O–H groups in total. The molecular formula is C23H37N5O2. The first-order valence-corrected chi connectivity index (χ1v) is 11.4. The molecule has 7 nitrogen and oxygen atoms in total. The molecule has 0 aromatic carbocycles. The van der Waals surface area contributed by atoms with Gasteiger partial charge in [0.2, 0.25) is 11.8 Å². The molecule has 1 aromatic rings. The molecule has 2 saturated carbocycles. The third-order valence-electron chi connectivity index (χ3n) is 6.20. The molecule has 1 aromatic heterocycles. The Labute approximate surface area is 180 Å². The average Bonchev–Trinajstić information content (AvgIpc) is 3.43. The molecule has 1 heterocycles. The van der Waals surface area contributed by atoms with Crippen LogP contribution >= 0.6 is 0 Å². The van der Waals surface area contributed by atoms with Crippen molar-refractivity contribution >= 4 is 11.9 Å². The lowest BCUT2D eigenvalue weighted by molar-refractivity contribution is -0.138. The number of hydrogen-bond acceptors (Lipinski definition) is 4. The van der Waals surface area contributed by atoms with Crippen LogP contribution in [0, 0.1) is 5.41 Å². The van der Waals surface area contributed by atoms with Gasteiger partial charge in [0.1, 0.15) is 6.10 Å². The van der Waals surface area contributed by atoms with Crippen LogP contribution in [0.3, 0.4) is 0 Å². The minimum Gasteiger partial charge on any atom is -0.474 e. The van der Waals surface area contributed by atoms with E-state index in [4.69, 9.17) is 9.73 Å². The number of ether oxygens (including phenoxy) is 1. The van der Waals surface area contributed by atoms with Crippen LogP contribution in [0.1, 0.15) is 63.9 Å². The number of hydrogen-bond donors (Lipinski definition) is 2. The second-order valence-electron chi connectivity index (χ2n) is 8.73. The SMILES string of the molecule is CCNC(=NCc1cccnc1OC1CCCC1)NCC1(C(=O)N(C)C)CCCC1. The quantitative estimate of drug-likeness (QED) is 0.504. The number of amides is 1. The molecule has 2 aliphatic carbocycles. The summed E-state index contributed by atoms with van der Waals surface area (Å²) in [6.45, 7) is 3.90. The van der Waals surface area contributed by atoms with E-state index in [9.17, 15) is 4.79 Å². The summed E-state index contributed by atoms with van der Waals surface area (Å²) in [6, 6.07) is 3.95. The van der Waals surface area contributed by atoms with Crippen molar-refractivity contribution in [1.29, 1.82) is 0 Å².